The molecular weight excluding hydrogens is 416 g/mol. The molecule has 1 heterocycles. The molecular formula is C27H26N2O4. The number of carbonyl (C=O) groups is 3. The molecule has 168 valence electrons. The highest BCUT2D eigenvalue weighted by Crippen LogP contribution is 2.26. The number of benzene rings is 3. The highest BCUT2D eigenvalue weighted by molar-refractivity contribution is 6.23. The Kier molecular flexibility index (Phi) is 6.83. The maximum absolute atomic E-state index is 13.3. The highest BCUT2D eigenvalue weighted by Gasteiger charge is 2.44. The van der Waals surface area contributed by atoms with Crippen LogP contribution in [0, 0.1) is 6.92 Å². The molecule has 0 N–H and O–H groups in total. The lowest BCUT2D eigenvalue weighted by Crippen LogP contribution is -2.48. The van der Waals surface area contributed by atoms with Crippen LogP contribution in [-0.2, 0) is 20.8 Å². The third kappa shape index (κ3) is 5.29. The van der Waals surface area contributed by atoms with Crippen LogP contribution >= 0.6 is 0 Å². The molecule has 33 heavy (non-hydrogen) atoms. The van der Waals surface area contributed by atoms with Gasteiger partial charge in [-0.05, 0) is 43.2 Å². The van der Waals surface area contributed by atoms with Crippen molar-refractivity contribution in [1.29, 1.82) is 0 Å². The quantitative estimate of drug-likeness (QED) is 0.498. The van der Waals surface area contributed by atoms with Crippen LogP contribution in [0.1, 0.15) is 17.5 Å². The van der Waals surface area contributed by atoms with Crippen LogP contribution in [0.2, 0.25) is 0 Å². The van der Waals surface area contributed by atoms with Gasteiger partial charge in [0.15, 0.2) is 6.61 Å². The van der Waals surface area contributed by atoms with Gasteiger partial charge in [0.2, 0.25) is 5.91 Å². The zero-order valence-corrected chi connectivity index (χ0v) is 18.5. The molecule has 1 unspecified atom stereocenters. The molecule has 0 spiro atoms. The van der Waals surface area contributed by atoms with Crippen molar-refractivity contribution >= 4 is 23.4 Å². The smallest absolute Gasteiger partial charge is 0.261 e. The second-order valence-electron chi connectivity index (χ2n) is 8.05. The molecule has 6 heteroatoms. The Hall–Kier alpha value is -3.93. The minimum Gasteiger partial charge on any atom is -0.484 e. The summed E-state index contributed by atoms with van der Waals surface area (Å²) >= 11 is 0. The standard InChI is InChI=1S/C27H26N2O4/c1-20-12-14-22(15-13-20)29-25(30)18-24(27(29)32)28(17-16-21-8-4-2-5-9-21)26(31)19-33-23-10-6-3-7-11-23/h2-15,24H,16-19H2,1H3. The number of amides is 3. The maximum Gasteiger partial charge on any atom is 0.261 e. The first-order chi connectivity index (χ1) is 16.0. The zero-order valence-electron chi connectivity index (χ0n) is 18.5. The lowest BCUT2D eigenvalue weighted by atomic mass is 10.1. The normalized spacial score (nSPS) is 15.5. The Morgan fingerprint density at radius 2 is 1.58 bits per heavy atom. The molecule has 3 aromatic rings. The van der Waals surface area contributed by atoms with E-state index in [-0.39, 0.29) is 30.7 Å². The molecule has 0 bridgehead atoms. The van der Waals surface area contributed by atoms with Crippen molar-refractivity contribution in [3.05, 3.63) is 96.1 Å². The van der Waals surface area contributed by atoms with E-state index in [0.717, 1.165) is 11.1 Å². The van der Waals surface area contributed by atoms with E-state index in [0.29, 0.717) is 24.4 Å². The van der Waals surface area contributed by atoms with Gasteiger partial charge in [0.1, 0.15) is 11.8 Å². The fraction of sp³-hybridized carbons (Fsp3) is 0.222. The number of hydrogen-bond acceptors (Lipinski definition) is 4. The Morgan fingerprint density at radius 3 is 2.24 bits per heavy atom. The van der Waals surface area contributed by atoms with Gasteiger partial charge in [-0.15, -0.1) is 0 Å². The third-order valence-electron chi connectivity index (χ3n) is 5.70. The van der Waals surface area contributed by atoms with Gasteiger partial charge in [-0.2, -0.15) is 0 Å². The number of para-hydroxylation sites is 1. The van der Waals surface area contributed by atoms with Crippen molar-refractivity contribution in [2.75, 3.05) is 18.1 Å². The number of aryl methyl sites for hydroxylation is 1. The summed E-state index contributed by atoms with van der Waals surface area (Å²) in [5.74, 6) is -0.448. The summed E-state index contributed by atoms with van der Waals surface area (Å²) in [6.07, 6.45) is 0.527. The van der Waals surface area contributed by atoms with E-state index in [1.807, 2.05) is 67.6 Å². The van der Waals surface area contributed by atoms with Crippen molar-refractivity contribution < 1.29 is 19.1 Å². The first-order valence-electron chi connectivity index (χ1n) is 11.0. The topological polar surface area (TPSA) is 66.9 Å². The molecule has 4 rings (SSSR count). The third-order valence-corrected chi connectivity index (χ3v) is 5.70. The van der Waals surface area contributed by atoms with Crippen molar-refractivity contribution in [1.82, 2.24) is 4.90 Å². The van der Waals surface area contributed by atoms with Gasteiger partial charge < -0.3 is 9.64 Å². The average Bonchev–Trinajstić information content (AvgIpc) is 3.13. The molecule has 3 amide bonds. The Balaban J connectivity index is 1.53. The molecule has 0 saturated carbocycles. The van der Waals surface area contributed by atoms with Gasteiger partial charge in [0, 0.05) is 6.54 Å². The van der Waals surface area contributed by atoms with Crippen molar-refractivity contribution in [2.24, 2.45) is 0 Å². The summed E-state index contributed by atoms with van der Waals surface area (Å²) in [5.41, 5.74) is 2.60. The van der Waals surface area contributed by atoms with Crippen LogP contribution < -0.4 is 9.64 Å². The van der Waals surface area contributed by atoms with Crippen LogP contribution in [0.5, 0.6) is 5.75 Å². The van der Waals surface area contributed by atoms with Crippen LogP contribution in [-0.4, -0.2) is 41.8 Å². The fourth-order valence-corrected chi connectivity index (χ4v) is 3.92. The van der Waals surface area contributed by atoms with Gasteiger partial charge in [-0.3, -0.25) is 14.4 Å². The molecule has 0 aromatic heterocycles. The molecule has 6 nitrogen and oxygen atoms in total. The Morgan fingerprint density at radius 1 is 0.939 bits per heavy atom. The van der Waals surface area contributed by atoms with Crippen molar-refractivity contribution in [3.63, 3.8) is 0 Å². The molecule has 1 aliphatic heterocycles. The molecule has 1 fully saturated rings. The van der Waals surface area contributed by atoms with E-state index in [4.69, 9.17) is 4.74 Å². The summed E-state index contributed by atoms with van der Waals surface area (Å²) in [6.45, 7) is 2.05. The number of anilines is 1. The SMILES string of the molecule is Cc1ccc(N2C(=O)CC(N(CCc3ccccc3)C(=O)COc3ccccc3)C2=O)cc1. The number of carbonyl (C=O) groups excluding carboxylic acids is 3. The fourth-order valence-electron chi connectivity index (χ4n) is 3.92. The maximum atomic E-state index is 13.3. The summed E-state index contributed by atoms with van der Waals surface area (Å²) in [4.78, 5) is 42.0. The van der Waals surface area contributed by atoms with E-state index < -0.39 is 6.04 Å². The Bertz CT molecular complexity index is 1110. The van der Waals surface area contributed by atoms with E-state index in [2.05, 4.69) is 0 Å². The van der Waals surface area contributed by atoms with Crippen LogP contribution in [0.15, 0.2) is 84.9 Å². The van der Waals surface area contributed by atoms with Gasteiger partial charge in [0.25, 0.3) is 11.8 Å². The minimum absolute atomic E-state index is 0.0431. The summed E-state index contributed by atoms with van der Waals surface area (Å²) < 4.78 is 5.65. The van der Waals surface area contributed by atoms with E-state index in [9.17, 15) is 14.4 Å². The van der Waals surface area contributed by atoms with Gasteiger partial charge in [0.05, 0.1) is 12.1 Å². The summed E-state index contributed by atoms with van der Waals surface area (Å²) in [7, 11) is 0. The van der Waals surface area contributed by atoms with Crippen molar-refractivity contribution in [3.8, 4) is 5.75 Å². The van der Waals surface area contributed by atoms with Crippen LogP contribution in [0.4, 0.5) is 5.69 Å². The second-order valence-corrected chi connectivity index (χ2v) is 8.05. The molecule has 3 aromatic carbocycles. The predicted octanol–water partition coefficient (Wildman–Crippen LogP) is 3.78. The number of ether oxygens (including phenoxy) is 1. The first-order valence-corrected chi connectivity index (χ1v) is 11.0. The molecule has 1 saturated heterocycles. The number of hydrogen-bond donors (Lipinski definition) is 0. The highest BCUT2D eigenvalue weighted by atomic mass is 16.5. The van der Waals surface area contributed by atoms with Crippen molar-refractivity contribution in [2.45, 2.75) is 25.8 Å². The molecule has 1 atom stereocenters. The summed E-state index contributed by atoms with van der Waals surface area (Å²) in [5, 5.41) is 0. The predicted molar refractivity (Wildman–Crippen MR) is 126 cm³/mol. The van der Waals surface area contributed by atoms with Gasteiger partial charge in [-0.25, -0.2) is 4.90 Å². The summed E-state index contributed by atoms with van der Waals surface area (Å²) in [6, 6.07) is 25.2. The second kappa shape index (κ2) is 10.1. The van der Waals surface area contributed by atoms with Crippen LogP contribution in [0.25, 0.3) is 0 Å². The number of rotatable bonds is 8. The van der Waals surface area contributed by atoms with E-state index >= 15 is 0 Å². The molecule has 0 aliphatic carbocycles. The van der Waals surface area contributed by atoms with Gasteiger partial charge >= 0.3 is 0 Å². The van der Waals surface area contributed by atoms with Gasteiger partial charge in [-0.1, -0.05) is 66.2 Å². The monoisotopic (exact) mass is 442 g/mol. The minimum atomic E-state index is -0.852. The van der Waals surface area contributed by atoms with E-state index in [1.165, 1.54) is 9.80 Å². The lowest BCUT2D eigenvalue weighted by molar-refractivity contribution is -0.140. The molecule has 1 aliphatic rings. The molecule has 0 radical (unpaired) electrons. The largest absolute Gasteiger partial charge is 0.484 e. The number of nitrogens with zero attached hydrogens (tertiary/aromatic N) is 2. The average molecular weight is 443 g/mol. The van der Waals surface area contributed by atoms with E-state index in [1.54, 1.807) is 24.3 Å². The first kappa shape index (κ1) is 22.3. The lowest BCUT2D eigenvalue weighted by Gasteiger charge is -2.28. The number of imide groups is 1. The van der Waals surface area contributed by atoms with Crippen LogP contribution in [0.3, 0.4) is 0 Å². The zero-order chi connectivity index (χ0) is 23.2. The Labute approximate surface area is 193 Å².